The first-order chi connectivity index (χ1) is 8.69. The summed E-state index contributed by atoms with van der Waals surface area (Å²) in [5.74, 6) is -0.282. The van der Waals surface area contributed by atoms with E-state index in [0.29, 0.717) is 30.6 Å². The molecule has 2 rings (SSSR count). The van der Waals surface area contributed by atoms with Gasteiger partial charge in [0.05, 0.1) is 17.6 Å². The van der Waals surface area contributed by atoms with Gasteiger partial charge < -0.3 is 10.6 Å². The molecular formula is C13H13N3O2. The molecule has 1 aromatic carbocycles. The molecule has 2 amide bonds. The van der Waals surface area contributed by atoms with E-state index in [1.54, 1.807) is 24.3 Å². The fourth-order valence-corrected chi connectivity index (χ4v) is 1.83. The molecule has 92 valence electrons. The Morgan fingerprint density at radius 2 is 2.11 bits per heavy atom. The summed E-state index contributed by atoms with van der Waals surface area (Å²) in [6.07, 6.45) is 0.972. The zero-order valence-electron chi connectivity index (χ0n) is 9.77. The maximum atomic E-state index is 11.9. The molecule has 1 aromatic rings. The number of hydrogen-bond acceptors (Lipinski definition) is 3. The Labute approximate surface area is 105 Å². The van der Waals surface area contributed by atoms with E-state index in [1.165, 1.54) is 0 Å². The lowest BCUT2D eigenvalue weighted by atomic mass is 9.98. The Balaban J connectivity index is 1.94. The molecule has 1 heterocycles. The molecule has 1 saturated heterocycles. The molecule has 1 aliphatic heterocycles. The number of hydrogen-bond donors (Lipinski definition) is 2. The van der Waals surface area contributed by atoms with Crippen molar-refractivity contribution in [1.29, 1.82) is 5.26 Å². The zero-order valence-corrected chi connectivity index (χ0v) is 9.77. The third-order valence-electron chi connectivity index (χ3n) is 2.92. The van der Waals surface area contributed by atoms with Gasteiger partial charge in [-0.25, -0.2) is 0 Å². The van der Waals surface area contributed by atoms with Crippen LogP contribution in [0.25, 0.3) is 0 Å². The zero-order chi connectivity index (χ0) is 13.0. The Kier molecular flexibility index (Phi) is 3.58. The average Bonchev–Trinajstić information content (AvgIpc) is 2.40. The highest BCUT2D eigenvalue weighted by Gasteiger charge is 2.24. The molecule has 0 spiro atoms. The van der Waals surface area contributed by atoms with Crippen molar-refractivity contribution in [2.24, 2.45) is 5.92 Å². The smallest absolute Gasteiger partial charge is 0.229 e. The first kappa shape index (κ1) is 12.1. The lowest BCUT2D eigenvalue weighted by Crippen LogP contribution is -2.40. The van der Waals surface area contributed by atoms with Gasteiger partial charge in [-0.2, -0.15) is 5.26 Å². The van der Waals surface area contributed by atoms with Gasteiger partial charge in [0, 0.05) is 18.7 Å². The van der Waals surface area contributed by atoms with E-state index < -0.39 is 0 Å². The number of carbonyl (C=O) groups is 2. The number of amides is 2. The van der Waals surface area contributed by atoms with Crippen LogP contribution in [0.2, 0.25) is 0 Å². The quantitative estimate of drug-likeness (QED) is 0.813. The molecule has 1 atom stereocenters. The van der Waals surface area contributed by atoms with E-state index in [0.717, 1.165) is 0 Å². The standard InChI is InChI=1S/C13H13N3O2/c14-7-9-1-4-11(5-2-9)16-13(18)10-3-6-12(17)15-8-10/h1-2,4-5,10H,3,6,8H2,(H,15,17)(H,16,18). The third kappa shape index (κ3) is 2.86. The van der Waals surface area contributed by atoms with Crippen LogP contribution in [0.5, 0.6) is 0 Å². The summed E-state index contributed by atoms with van der Waals surface area (Å²) in [6, 6.07) is 8.70. The van der Waals surface area contributed by atoms with Crippen LogP contribution >= 0.6 is 0 Å². The van der Waals surface area contributed by atoms with Crippen LogP contribution in [0.1, 0.15) is 18.4 Å². The summed E-state index contributed by atoms with van der Waals surface area (Å²) in [6.45, 7) is 0.390. The summed E-state index contributed by atoms with van der Waals surface area (Å²) >= 11 is 0. The molecule has 2 N–H and O–H groups in total. The van der Waals surface area contributed by atoms with Crippen LogP contribution in [-0.2, 0) is 9.59 Å². The predicted octanol–water partition coefficient (Wildman–Crippen LogP) is 1.02. The molecule has 0 saturated carbocycles. The van der Waals surface area contributed by atoms with Crippen molar-refractivity contribution in [3.63, 3.8) is 0 Å². The summed E-state index contributed by atoms with van der Waals surface area (Å²) in [4.78, 5) is 22.9. The predicted molar refractivity (Wildman–Crippen MR) is 65.5 cm³/mol. The number of piperidine rings is 1. The second-order valence-corrected chi connectivity index (χ2v) is 4.22. The van der Waals surface area contributed by atoms with Crippen LogP contribution in [-0.4, -0.2) is 18.4 Å². The SMILES string of the molecule is N#Cc1ccc(NC(=O)C2CCC(=O)NC2)cc1. The summed E-state index contributed by atoms with van der Waals surface area (Å²) in [5, 5.41) is 14.1. The van der Waals surface area contributed by atoms with Crippen molar-refractivity contribution < 1.29 is 9.59 Å². The van der Waals surface area contributed by atoms with Gasteiger partial charge in [-0.1, -0.05) is 0 Å². The van der Waals surface area contributed by atoms with E-state index in [2.05, 4.69) is 10.6 Å². The highest BCUT2D eigenvalue weighted by atomic mass is 16.2. The van der Waals surface area contributed by atoms with Gasteiger partial charge in [0.2, 0.25) is 11.8 Å². The second-order valence-electron chi connectivity index (χ2n) is 4.22. The fourth-order valence-electron chi connectivity index (χ4n) is 1.83. The summed E-state index contributed by atoms with van der Waals surface area (Å²) < 4.78 is 0. The van der Waals surface area contributed by atoms with Crippen LogP contribution < -0.4 is 10.6 Å². The van der Waals surface area contributed by atoms with Gasteiger partial charge in [-0.3, -0.25) is 9.59 Å². The van der Waals surface area contributed by atoms with Crippen molar-refractivity contribution in [3.05, 3.63) is 29.8 Å². The first-order valence-corrected chi connectivity index (χ1v) is 5.77. The maximum absolute atomic E-state index is 11.9. The average molecular weight is 243 g/mol. The Hall–Kier alpha value is -2.35. The first-order valence-electron chi connectivity index (χ1n) is 5.77. The van der Waals surface area contributed by atoms with Gasteiger partial charge in [0.15, 0.2) is 0 Å². The summed E-state index contributed by atoms with van der Waals surface area (Å²) in [7, 11) is 0. The Bertz CT molecular complexity index is 492. The van der Waals surface area contributed by atoms with Gasteiger partial charge in [-0.05, 0) is 30.7 Å². The van der Waals surface area contributed by atoms with Gasteiger partial charge in [0.1, 0.15) is 0 Å². The van der Waals surface area contributed by atoms with Crippen molar-refractivity contribution in [2.45, 2.75) is 12.8 Å². The molecule has 5 heteroatoms. The van der Waals surface area contributed by atoms with Gasteiger partial charge >= 0.3 is 0 Å². The monoisotopic (exact) mass is 243 g/mol. The molecule has 1 fully saturated rings. The number of nitriles is 1. The fraction of sp³-hybridized carbons (Fsp3) is 0.308. The minimum atomic E-state index is -0.182. The number of nitrogens with one attached hydrogen (secondary N) is 2. The number of rotatable bonds is 2. The molecule has 0 radical (unpaired) electrons. The number of anilines is 1. The minimum Gasteiger partial charge on any atom is -0.355 e. The lowest BCUT2D eigenvalue weighted by Gasteiger charge is -2.21. The molecule has 0 bridgehead atoms. The minimum absolute atomic E-state index is 0.00239. The van der Waals surface area contributed by atoms with E-state index in [9.17, 15) is 9.59 Å². The van der Waals surface area contributed by atoms with Crippen LogP contribution in [0.3, 0.4) is 0 Å². The highest BCUT2D eigenvalue weighted by molar-refractivity contribution is 5.94. The van der Waals surface area contributed by atoms with E-state index >= 15 is 0 Å². The molecule has 5 nitrogen and oxygen atoms in total. The summed E-state index contributed by atoms with van der Waals surface area (Å²) in [5.41, 5.74) is 1.22. The van der Waals surface area contributed by atoms with Crippen molar-refractivity contribution >= 4 is 17.5 Å². The van der Waals surface area contributed by atoms with Crippen molar-refractivity contribution in [3.8, 4) is 6.07 Å². The van der Waals surface area contributed by atoms with Crippen LogP contribution in [0, 0.1) is 17.2 Å². The van der Waals surface area contributed by atoms with Crippen LogP contribution in [0.4, 0.5) is 5.69 Å². The lowest BCUT2D eigenvalue weighted by molar-refractivity contribution is -0.126. The van der Waals surface area contributed by atoms with Gasteiger partial charge in [0.25, 0.3) is 0 Å². The van der Waals surface area contributed by atoms with Crippen molar-refractivity contribution in [1.82, 2.24) is 5.32 Å². The highest BCUT2D eigenvalue weighted by Crippen LogP contribution is 2.15. The van der Waals surface area contributed by atoms with E-state index in [-0.39, 0.29) is 17.7 Å². The van der Waals surface area contributed by atoms with Gasteiger partial charge in [-0.15, -0.1) is 0 Å². The maximum Gasteiger partial charge on any atom is 0.229 e. The second kappa shape index (κ2) is 5.32. The topological polar surface area (TPSA) is 82.0 Å². The molecule has 1 aliphatic rings. The van der Waals surface area contributed by atoms with Crippen LogP contribution in [0.15, 0.2) is 24.3 Å². The largest absolute Gasteiger partial charge is 0.355 e. The molecule has 18 heavy (non-hydrogen) atoms. The number of benzene rings is 1. The Morgan fingerprint density at radius 3 is 2.67 bits per heavy atom. The molecule has 0 aromatic heterocycles. The molecule has 0 aliphatic carbocycles. The number of carbonyl (C=O) groups excluding carboxylic acids is 2. The van der Waals surface area contributed by atoms with E-state index in [1.807, 2.05) is 6.07 Å². The van der Waals surface area contributed by atoms with E-state index in [4.69, 9.17) is 5.26 Å². The third-order valence-corrected chi connectivity index (χ3v) is 2.92. The molecule has 1 unspecified atom stereocenters. The number of nitrogens with zero attached hydrogens (tertiary/aromatic N) is 1. The molecular weight excluding hydrogens is 230 g/mol. The van der Waals surface area contributed by atoms with Crippen molar-refractivity contribution in [2.75, 3.05) is 11.9 Å². The Morgan fingerprint density at radius 1 is 1.39 bits per heavy atom. The normalized spacial score (nSPS) is 18.6.